The fourth-order valence-electron chi connectivity index (χ4n) is 3.01. The van der Waals surface area contributed by atoms with Crippen molar-refractivity contribution in [2.75, 3.05) is 6.54 Å². The Morgan fingerprint density at radius 1 is 1.10 bits per heavy atom. The van der Waals surface area contributed by atoms with Crippen molar-refractivity contribution in [3.05, 3.63) is 75.8 Å². The summed E-state index contributed by atoms with van der Waals surface area (Å²) < 4.78 is 27.8. The monoisotopic (exact) mass is 431 g/mol. The van der Waals surface area contributed by atoms with E-state index in [1.807, 2.05) is 38.1 Å². The summed E-state index contributed by atoms with van der Waals surface area (Å²) in [4.78, 5) is 16.6. The normalized spacial score (nSPS) is 16.7. The number of hydrogen-bond donors (Lipinski definition) is 2. The Hall–Kier alpha value is -2.64. The number of sulfonamides is 1. The summed E-state index contributed by atoms with van der Waals surface area (Å²) >= 11 is 5.85. The molecule has 2 aromatic carbocycles. The van der Waals surface area contributed by atoms with E-state index >= 15 is 0 Å². The molecule has 0 aromatic heterocycles. The molecule has 1 heterocycles. The number of benzene rings is 2. The summed E-state index contributed by atoms with van der Waals surface area (Å²) in [5.41, 5.74) is 3.14. The van der Waals surface area contributed by atoms with Gasteiger partial charge in [-0.05, 0) is 36.6 Å². The minimum atomic E-state index is -3.72. The molecular formula is C21H22ClN3O3S. The van der Waals surface area contributed by atoms with Gasteiger partial charge in [-0.25, -0.2) is 8.42 Å². The number of halogens is 1. The van der Waals surface area contributed by atoms with Crippen LogP contribution in [0.2, 0.25) is 5.02 Å². The molecule has 0 saturated heterocycles. The highest BCUT2D eigenvalue weighted by atomic mass is 35.5. The van der Waals surface area contributed by atoms with Crippen LogP contribution in [0.1, 0.15) is 30.0 Å². The topological polar surface area (TPSA) is 87.6 Å². The molecule has 6 nitrogen and oxygen atoms in total. The van der Waals surface area contributed by atoms with E-state index in [-0.39, 0.29) is 23.2 Å². The van der Waals surface area contributed by atoms with Crippen LogP contribution < -0.4 is 10.0 Å². The van der Waals surface area contributed by atoms with E-state index in [2.05, 4.69) is 15.0 Å². The maximum Gasteiger partial charge on any atom is 0.264 e. The molecule has 1 aliphatic heterocycles. The SMILES string of the molecule is CCC1=C(c2ccc(C)cc2)S(=O)(=O)NC1=NCC(=O)NCc1ccc(Cl)cc1. The van der Waals surface area contributed by atoms with Crippen molar-refractivity contribution in [3.63, 3.8) is 0 Å². The number of carbonyl (C=O) groups is 1. The van der Waals surface area contributed by atoms with Gasteiger partial charge in [-0.15, -0.1) is 0 Å². The van der Waals surface area contributed by atoms with E-state index in [1.165, 1.54) is 0 Å². The first-order valence-corrected chi connectivity index (χ1v) is 11.0. The minimum Gasteiger partial charge on any atom is -0.350 e. The molecule has 0 fully saturated rings. The highest BCUT2D eigenvalue weighted by Crippen LogP contribution is 2.31. The molecule has 0 radical (unpaired) electrons. The highest BCUT2D eigenvalue weighted by molar-refractivity contribution is 8.00. The van der Waals surface area contributed by atoms with Crippen molar-refractivity contribution in [3.8, 4) is 0 Å². The number of hydrogen-bond acceptors (Lipinski definition) is 4. The van der Waals surface area contributed by atoms with Crippen molar-refractivity contribution in [1.29, 1.82) is 0 Å². The van der Waals surface area contributed by atoms with E-state index in [4.69, 9.17) is 11.6 Å². The van der Waals surface area contributed by atoms with E-state index in [1.54, 1.807) is 24.3 Å². The van der Waals surface area contributed by atoms with Crippen molar-refractivity contribution in [1.82, 2.24) is 10.0 Å². The lowest BCUT2D eigenvalue weighted by Crippen LogP contribution is -2.28. The van der Waals surface area contributed by atoms with Gasteiger partial charge in [0.05, 0.1) is 0 Å². The smallest absolute Gasteiger partial charge is 0.264 e. The van der Waals surface area contributed by atoms with Gasteiger partial charge in [0.15, 0.2) is 0 Å². The van der Waals surface area contributed by atoms with E-state index in [0.29, 0.717) is 29.1 Å². The molecule has 1 aliphatic rings. The summed E-state index contributed by atoms with van der Waals surface area (Å²) in [6, 6.07) is 14.4. The number of aliphatic imine (C=N–C) groups is 1. The Bertz CT molecular complexity index is 1070. The van der Waals surface area contributed by atoms with Crippen LogP contribution in [-0.2, 0) is 21.4 Å². The number of aryl methyl sites for hydroxylation is 1. The van der Waals surface area contributed by atoms with Gasteiger partial charge >= 0.3 is 0 Å². The lowest BCUT2D eigenvalue weighted by molar-refractivity contribution is -0.119. The first-order valence-electron chi connectivity index (χ1n) is 9.19. The number of rotatable bonds is 6. The maximum absolute atomic E-state index is 12.6. The van der Waals surface area contributed by atoms with Gasteiger partial charge in [0.25, 0.3) is 10.0 Å². The summed E-state index contributed by atoms with van der Waals surface area (Å²) in [7, 11) is -3.72. The summed E-state index contributed by atoms with van der Waals surface area (Å²) in [6.45, 7) is 3.98. The van der Waals surface area contributed by atoms with Crippen LogP contribution in [-0.4, -0.2) is 26.7 Å². The average Bonchev–Trinajstić information content (AvgIpc) is 2.96. The third kappa shape index (κ3) is 5.05. The zero-order valence-corrected chi connectivity index (χ0v) is 17.8. The van der Waals surface area contributed by atoms with Crippen molar-refractivity contribution >= 4 is 38.3 Å². The fraction of sp³-hybridized carbons (Fsp3) is 0.238. The molecule has 8 heteroatoms. The number of carbonyl (C=O) groups excluding carboxylic acids is 1. The van der Waals surface area contributed by atoms with E-state index in [9.17, 15) is 13.2 Å². The molecule has 2 aromatic rings. The van der Waals surface area contributed by atoms with Gasteiger partial charge in [0, 0.05) is 17.1 Å². The molecule has 0 spiro atoms. The number of nitrogens with one attached hydrogen (secondary N) is 2. The van der Waals surface area contributed by atoms with Gasteiger partial charge in [-0.1, -0.05) is 60.5 Å². The second kappa shape index (κ2) is 8.80. The summed E-state index contributed by atoms with van der Waals surface area (Å²) in [5.74, 6) is -0.0735. The maximum atomic E-state index is 12.6. The molecule has 0 atom stereocenters. The number of amidine groups is 1. The molecular weight excluding hydrogens is 410 g/mol. The zero-order chi connectivity index (χ0) is 21.0. The number of amides is 1. The number of nitrogens with zero attached hydrogens (tertiary/aromatic N) is 1. The van der Waals surface area contributed by atoms with Crippen LogP contribution in [0.4, 0.5) is 0 Å². The molecule has 29 heavy (non-hydrogen) atoms. The van der Waals surface area contributed by atoms with Crippen LogP contribution >= 0.6 is 11.6 Å². The summed E-state index contributed by atoms with van der Waals surface area (Å²) in [6.07, 6.45) is 0.473. The zero-order valence-electron chi connectivity index (χ0n) is 16.2. The lowest BCUT2D eigenvalue weighted by atomic mass is 10.1. The molecule has 152 valence electrons. The quantitative estimate of drug-likeness (QED) is 0.734. The van der Waals surface area contributed by atoms with Gasteiger partial charge in [0.2, 0.25) is 5.91 Å². The van der Waals surface area contributed by atoms with Crippen LogP contribution in [0.3, 0.4) is 0 Å². The molecule has 0 unspecified atom stereocenters. The minimum absolute atomic E-state index is 0.171. The van der Waals surface area contributed by atoms with Gasteiger partial charge in [-0.3, -0.25) is 14.5 Å². The largest absolute Gasteiger partial charge is 0.350 e. The predicted octanol–water partition coefficient (Wildman–Crippen LogP) is 3.42. The second-order valence-electron chi connectivity index (χ2n) is 6.70. The van der Waals surface area contributed by atoms with Gasteiger partial charge in [-0.2, -0.15) is 0 Å². The van der Waals surface area contributed by atoms with Crippen LogP contribution in [0.5, 0.6) is 0 Å². The van der Waals surface area contributed by atoms with Gasteiger partial charge < -0.3 is 5.32 Å². The Labute approximate surface area is 175 Å². The molecule has 0 saturated carbocycles. The Morgan fingerprint density at radius 2 is 1.76 bits per heavy atom. The molecule has 2 N–H and O–H groups in total. The second-order valence-corrected chi connectivity index (χ2v) is 8.76. The molecule has 0 aliphatic carbocycles. The first kappa shape index (κ1) is 21.1. The van der Waals surface area contributed by atoms with Crippen LogP contribution in [0.15, 0.2) is 59.1 Å². The molecule has 0 bridgehead atoms. The predicted molar refractivity (Wildman–Crippen MR) is 116 cm³/mol. The van der Waals surface area contributed by atoms with E-state index in [0.717, 1.165) is 11.1 Å². The van der Waals surface area contributed by atoms with Gasteiger partial charge in [0.1, 0.15) is 17.3 Å². The first-order chi connectivity index (χ1) is 13.8. The molecule has 1 amide bonds. The van der Waals surface area contributed by atoms with Crippen LogP contribution in [0.25, 0.3) is 4.91 Å². The third-order valence-corrected chi connectivity index (χ3v) is 6.24. The van der Waals surface area contributed by atoms with Crippen LogP contribution in [0, 0.1) is 6.92 Å². The average molecular weight is 432 g/mol. The molecule has 3 rings (SSSR count). The lowest BCUT2D eigenvalue weighted by Gasteiger charge is -2.05. The van der Waals surface area contributed by atoms with Crippen molar-refractivity contribution < 1.29 is 13.2 Å². The van der Waals surface area contributed by atoms with Crippen molar-refractivity contribution in [2.24, 2.45) is 4.99 Å². The summed E-state index contributed by atoms with van der Waals surface area (Å²) in [5, 5.41) is 3.39. The fourth-order valence-corrected chi connectivity index (χ4v) is 4.69. The Balaban J connectivity index is 1.75. The Morgan fingerprint density at radius 3 is 2.38 bits per heavy atom. The Kier molecular flexibility index (Phi) is 6.39. The van der Waals surface area contributed by atoms with Crippen molar-refractivity contribution in [2.45, 2.75) is 26.8 Å². The highest BCUT2D eigenvalue weighted by Gasteiger charge is 2.33. The van der Waals surface area contributed by atoms with E-state index < -0.39 is 10.0 Å². The standard InChI is InChI=1S/C21H22ClN3O3S/c1-3-18-20(16-8-4-14(2)5-9-16)29(27,28)25-21(18)24-13-19(26)23-12-15-6-10-17(22)11-7-15/h4-11H,3,12-13H2,1-2H3,(H,23,26)(H,24,25). The third-order valence-electron chi connectivity index (χ3n) is 4.51.